The third-order valence-corrected chi connectivity index (χ3v) is 6.15. The second kappa shape index (κ2) is 7.67. The molecule has 2 aromatic rings. The van der Waals surface area contributed by atoms with Gasteiger partial charge in [0.25, 0.3) is 5.91 Å². The molecular weight excluding hydrogens is 384 g/mol. The quantitative estimate of drug-likeness (QED) is 0.700. The van der Waals surface area contributed by atoms with Gasteiger partial charge < -0.3 is 10.6 Å². The van der Waals surface area contributed by atoms with Crippen LogP contribution in [0.1, 0.15) is 77.3 Å². The standard InChI is InChI=1S/C26H30N2O2.CH4/c1-25(2,3)17-11-7-15(8-12-17)21-19-20(24(30)27-21)22(28-23(19)29)16-9-13-18(14-10-16)26(4,5)6;/h7-14,19,21H,1-6H3,(H,27,30)(H,28,29);1H4. The fourth-order valence-corrected chi connectivity index (χ4v) is 4.26. The molecule has 1 fully saturated rings. The minimum atomic E-state index is -0.504. The highest BCUT2D eigenvalue weighted by molar-refractivity contribution is 6.15. The van der Waals surface area contributed by atoms with Crippen LogP contribution in [0.25, 0.3) is 5.70 Å². The molecule has 2 N–H and O–H groups in total. The van der Waals surface area contributed by atoms with Crippen LogP contribution < -0.4 is 10.6 Å². The van der Waals surface area contributed by atoms with Gasteiger partial charge in [0.2, 0.25) is 5.91 Å². The maximum atomic E-state index is 12.9. The normalized spacial score (nSPS) is 20.8. The van der Waals surface area contributed by atoms with Crippen LogP contribution in [0.4, 0.5) is 0 Å². The van der Waals surface area contributed by atoms with Gasteiger partial charge in [0.1, 0.15) is 0 Å². The summed E-state index contributed by atoms with van der Waals surface area (Å²) in [5.74, 6) is -0.795. The molecule has 2 amide bonds. The summed E-state index contributed by atoms with van der Waals surface area (Å²) < 4.78 is 0. The maximum Gasteiger partial charge on any atom is 0.250 e. The molecule has 4 nitrogen and oxygen atoms in total. The number of rotatable bonds is 2. The van der Waals surface area contributed by atoms with Gasteiger partial charge in [-0.05, 0) is 33.1 Å². The van der Waals surface area contributed by atoms with Gasteiger partial charge >= 0.3 is 0 Å². The Morgan fingerprint density at radius 1 is 0.742 bits per heavy atom. The molecule has 1 saturated heterocycles. The largest absolute Gasteiger partial charge is 0.344 e. The van der Waals surface area contributed by atoms with Gasteiger partial charge in [-0.15, -0.1) is 0 Å². The minimum absolute atomic E-state index is 0. The lowest BCUT2D eigenvalue weighted by Crippen LogP contribution is -2.30. The number of nitrogens with one attached hydrogen (secondary N) is 2. The molecule has 0 aromatic heterocycles. The molecule has 0 saturated carbocycles. The van der Waals surface area contributed by atoms with Crippen LogP contribution in [-0.2, 0) is 20.4 Å². The van der Waals surface area contributed by atoms with Crippen LogP contribution in [0.15, 0.2) is 54.1 Å². The molecule has 31 heavy (non-hydrogen) atoms. The average Bonchev–Trinajstić information content (AvgIpc) is 3.19. The lowest BCUT2D eigenvalue weighted by Gasteiger charge is -2.21. The first-order valence-electron chi connectivity index (χ1n) is 10.5. The lowest BCUT2D eigenvalue weighted by molar-refractivity contribution is -0.122. The highest BCUT2D eigenvalue weighted by atomic mass is 16.2. The molecule has 0 aliphatic carbocycles. The summed E-state index contributed by atoms with van der Waals surface area (Å²) in [6, 6.07) is 16.0. The molecule has 2 heterocycles. The third kappa shape index (κ3) is 4.04. The van der Waals surface area contributed by atoms with Crippen LogP contribution in [0.2, 0.25) is 0 Å². The van der Waals surface area contributed by atoms with E-state index in [2.05, 4.69) is 76.4 Å². The van der Waals surface area contributed by atoms with Crippen molar-refractivity contribution >= 4 is 17.5 Å². The molecule has 0 spiro atoms. The zero-order valence-corrected chi connectivity index (χ0v) is 18.6. The van der Waals surface area contributed by atoms with E-state index in [0.717, 1.165) is 11.1 Å². The van der Waals surface area contributed by atoms with Gasteiger partial charge in [0.15, 0.2) is 0 Å². The van der Waals surface area contributed by atoms with E-state index in [1.807, 2.05) is 24.3 Å². The number of fused-ring (bicyclic) bond motifs is 1. The first kappa shape index (κ1) is 22.8. The molecule has 2 unspecified atom stereocenters. The highest BCUT2D eigenvalue weighted by Gasteiger charge is 2.49. The topological polar surface area (TPSA) is 58.2 Å². The Balaban J connectivity index is 0.00000272. The van der Waals surface area contributed by atoms with Crippen LogP contribution in [0.5, 0.6) is 0 Å². The van der Waals surface area contributed by atoms with Gasteiger partial charge in [0.05, 0.1) is 23.2 Å². The van der Waals surface area contributed by atoms with Crippen LogP contribution in [0, 0.1) is 5.92 Å². The van der Waals surface area contributed by atoms with E-state index in [9.17, 15) is 9.59 Å². The zero-order chi connectivity index (χ0) is 21.8. The van der Waals surface area contributed by atoms with Gasteiger partial charge in [0, 0.05) is 0 Å². The highest BCUT2D eigenvalue weighted by Crippen LogP contribution is 2.42. The lowest BCUT2D eigenvalue weighted by atomic mass is 9.84. The van der Waals surface area contributed by atoms with Crippen molar-refractivity contribution in [1.29, 1.82) is 0 Å². The summed E-state index contributed by atoms with van der Waals surface area (Å²) >= 11 is 0. The second-order valence-corrected chi connectivity index (χ2v) is 10.4. The van der Waals surface area contributed by atoms with Crippen molar-refractivity contribution in [2.24, 2.45) is 5.92 Å². The van der Waals surface area contributed by atoms with Crippen molar-refractivity contribution in [2.75, 3.05) is 0 Å². The Bertz CT molecular complexity index is 1030. The second-order valence-electron chi connectivity index (χ2n) is 10.4. The van der Waals surface area contributed by atoms with Crippen molar-refractivity contribution in [3.05, 3.63) is 76.4 Å². The van der Waals surface area contributed by atoms with E-state index in [1.165, 1.54) is 11.1 Å². The van der Waals surface area contributed by atoms with Crippen LogP contribution >= 0.6 is 0 Å². The monoisotopic (exact) mass is 418 g/mol. The number of amides is 2. The summed E-state index contributed by atoms with van der Waals surface area (Å²) in [7, 11) is 0. The molecule has 2 aliphatic heterocycles. The SMILES string of the molecule is C.CC(C)(C)c1ccc(C2=C3C(=O)NC(c4ccc(C(C)(C)C)cc4)C3C(=O)N2)cc1. The van der Waals surface area contributed by atoms with E-state index in [0.29, 0.717) is 11.3 Å². The van der Waals surface area contributed by atoms with Gasteiger partial charge in [-0.25, -0.2) is 0 Å². The Kier molecular flexibility index (Phi) is 5.64. The fraction of sp³-hybridized carbons (Fsp3) is 0.407. The predicted octanol–water partition coefficient (Wildman–Crippen LogP) is 5.25. The molecule has 2 atom stereocenters. The van der Waals surface area contributed by atoms with Gasteiger partial charge in [-0.2, -0.15) is 0 Å². The number of hydrogen-bond acceptors (Lipinski definition) is 2. The number of benzene rings is 2. The number of carbonyl (C=O) groups excluding carboxylic acids is 2. The van der Waals surface area contributed by atoms with Crippen molar-refractivity contribution in [2.45, 2.75) is 65.8 Å². The smallest absolute Gasteiger partial charge is 0.250 e. The first-order valence-corrected chi connectivity index (χ1v) is 10.5. The third-order valence-electron chi connectivity index (χ3n) is 6.15. The Morgan fingerprint density at radius 3 is 1.71 bits per heavy atom. The van der Waals surface area contributed by atoms with Gasteiger partial charge in [-0.1, -0.05) is 97.5 Å². The molecule has 4 heteroatoms. The summed E-state index contributed by atoms with van der Waals surface area (Å²) in [5, 5.41) is 6.01. The Hall–Kier alpha value is -2.88. The van der Waals surface area contributed by atoms with Crippen LogP contribution in [0.3, 0.4) is 0 Å². The van der Waals surface area contributed by atoms with E-state index in [4.69, 9.17) is 0 Å². The number of carbonyl (C=O) groups is 2. The zero-order valence-electron chi connectivity index (χ0n) is 18.6. The molecule has 0 radical (unpaired) electrons. The van der Waals surface area contributed by atoms with E-state index < -0.39 is 5.92 Å². The van der Waals surface area contributed by atoms with Crippen LogP contribution in [-0.4, -0.2) is 11.8 Å². The molecule has 164 valence electrons. The summed E-state index contributed by atoms with van der Waals surface area (Å²) in [4.78, 5) is 25.7. The number of hydrogen-bond donors (Lipinski definition) is 2. The summed E-state index contributed by atoms with van der Waals surface area (Å²) in [6.07, 6.45) is 0. The molecule has 2 aromatic carbocycles. The van der Waals surface area contributed by atoms with E-state index >= 15 is 0 Å². The maximum absolute atomic E-state index is 12.9. The summed E-state index contributed by atoms with van der Waals surface area (Å²) in [6.45, 7) is 13.0. The van der Waals surface area contributed by atoms with E-state index in [1.54, 1.807) is 0 Å². The predicted molar refractivity (Wildman–Crippen MR) is 126 cm³/mol. The molecule has 4 rings (SSSR count). The Labute approximate surface area is 186 Å². The minimum Gasteiger partial charge on any atom is -0.344 e. The van der Waals surface area contributed by atoms with Crippen molar-refractivity contribution in [1.82, 2.24) is 10.6 Å². The van der Waals surface area contributed by atoms with Crippen molar-refractivity contribution in [3.63, 3.8) is 0 Å². The Morgan fingerprint density at radius 2 is 1.23 bits per heavy atom. The first-order chi connectivity index (χ1) is 14.0. The van der Waals surface area contributed by atoms with Crippen molar-refractivity contribution in [3.8, 4) is 0 Å². The average molecular weight is 419 g/mol. The molecule has 0 bridgehead atoms. The van der Waals surface area contributed by atoms with Crippen molar-refractivity contribution < 1.29 is 9.59 Å². The summed E-state index contributed by atoms with van der Waals surface area (Å²) in [5.41, 5.74) is 5.55. The molecule has 2 aliphatic rings. The van der Waals surface area contributed by atoms with Gasteiger partial charge in [-0.3, -0.25) is 9.59 Å². The fourth-order valence-electron chi connectivity index (χ4n) is 4.26. The molecular formula is C27H34N2O2. The van der Waals surface area contributed by atoms with E-state index in [-0.39, 0.29) is 36.1 Å².